The maximum atomic E-state index is 9.49. The molecule has 146 valence electrons. The Balaban J connectivity index is 1.52. The van der Waals surface area contributed by atoms with Crippen LogP contribution in [0.4, 0.5) is 0 Å². The summed E-state index contributed by atoms with van der Waals surface area (Å²) in [5.74, 6) is 0.525. The van der Waals surface area contributed by atoms with E-state index in [1.165, 1.54) is 6.20 Å². The van der Waals surface area contributed by atoms with E-state index in [0.29, 0.717) is 11.4 Å². The topological polar surface area (TPSA) is 108 Å². The summed E-state index contributed by atoms with van der Waals surface area (Å²) in [5, 5.41) is 36.5. The zero-order valence-electron chi connectivity index (χ0n) is 15.3. The van der Waals surface area contributed by atoms with Crippen LogP contribution in [0, 0.1) is 6.92 Å². The van der Waals surface area contributed by atoms with Gasteiger partial charge >= 0.3 is 6.10 Å². The lowest BCUT2D eigenvalue weighted by Gasteiger charge is -2.20. The molecule has 0 bridgehead atoms. The van der Waals surface area contributed by atoms with Gasteiger partial charge < -0.3 is 20.6 Å². The Bertz CT molecular complexity index is 1130. The fourth-order valence-corrected chi connectivity index (χ4v) is 4.96. The summed E-state index contributed by atoms with van der Waals surface area (Å²) in [7, 11) is 0. The lowest BCUT2D eigenvalue weighted by Crippen LogP contribution is -2.33. The largest absolute Gasteiger partial charge is 0.389 e. The number of fused-ring (bicyclic) bond motifs is 2. The van der Waals surface area contributed by atoms with Gasteiger partial charge in [0, 0.05) is 23.7 Å². The van der Waals surface area contributed by atoms with Gasteiger partial charge in [0.2, 0.25) is 0 Å². The Labute approximate surface area is 164 Å². The van der Waals surface area contributed by atoms with E-state index in [9.17, 15) is 15.3 Å². The molecule has 0 saturated carbocycles. The number of aryl methyl sites for hydroxylation is 1. The van der Waals surface area contributed by atoms with Gasteiger partial charge in [-0.2, -0.15) is 9.78 Å². The Morgan fingerprint density at radius 2 is 1.96 bits per heavy atom. The van der Waals surface area contributed by atoms with Crippen molar-refractivity contribution >= 4 is 27.2 Å². The van der Waals surface area contributed by atoms with Crippen LogP contribution in [0.5, 0.6) is 0 Å². The predicted octanol–water partition coefficient (Wildman–Crippen LogP) is 1.73. The third-order valence-corrected chi connectivity index (χ3v) is 6.40. The van der Waals surface area contributed by atoms with Crippen molar-refractivity contribution < 1.29 is 15.3 Å². The molecule has 4 heterocycles. The average Bonchev–Trinajstić information content (AvgIpc) is 3.34. The molecule has 0 spiro atoms. The van der Waals surface area contributed by atoms with E-state index in [-0.39, 0.29) is 0 Å². The van der Waals surface area contributed by atoms with Crippen LogP contribution in [0.15, 0.2) is 30.7 Å². The number of piperidine rings is 1. The van der Waals surface area contributed by atoms with Crippen molar-refractivity contribution in [3.8, 4) is 10.4 Å². The van der Waals surface area contributed by atoms with Crippen molar-refractivity contribution in [3.63, 3.8) is 0 Å². The van der Waals surface area contributed by atoms with Gasteiger partial charge in [-0.3, -0.25) is 4.40 Å². The van der Waals surface area contributed by atoms with E-state index < -0.39 is 6.10 Å². The van der Waals surface area contributed by atoms with Crippen LogP contribution in [0.3, 0.4) is 0 Å². The summed E-state index contributed by atoms with van der Waals surface area (Å²) in [6.45, 7) is 3.94. The molecule has 28 heavy (non-hydrogen) atoms. The predicted molar refractivity (Wildman–Crippen MR) is 106 cm³/mol. The van der Waals surface area contributed by atoms with Crippen molar-refractivity contribution in [2.45, 2.75) is 31.8 Å². The molecule has 1 aliphatic heterocycles. The number of thiazole rings is 1. The third kappa shape index (κ3) is 2.92. The van der Waals surface area contributed by atoms with Gasteiger partial charge in [0.15, 0.2) is 4.96 Å². The molecule has 8 nitrogen and oxygen atoms in total. The number of aliphatic hydroxyl groups is 3. The molecular weight excluding hydrogens is 378 g/mol. The number of imidazole rings is 1. The molecule has 1 saturated heterocycles. The number of aromatic nitrogens is 4. The highest BCUT2D eigenvalue weighted by atomic mass is 32.1. The van der Waals surface area contributed by atoms with Crippen LogP contribution in [0.2, 0.25) is 0 Å². The van der Waals surface area contributed by atoms with Crippen molar-refractivity contribution in [1.29, 1.82) is 0 Å². The first-order chi connectivity index (χ1) is 13.4. The molecule has 4 N–H and O–H groups in total. The smallest absolute Gasteiger partial charge is 0.324 e. The van der Waals surface area contributed by atoms with Crippen LogP contribution in [0.1, 0.15) is 30.0 Å². The Hall–Kier alpha value is -2.30. The maximum Gasteiger partial charge on any atom is 0.389 e. The monoisotopic (exact) mass is 399 g/mol. The number of hydrogen-bond donors (Lipinski definition) is 4. The second kappa shape index (κ2) is 6.36. The van der Waals surface area contributed by atoms with Crippen molar-refractivity contribution in [2.75, 3.05) is 13.1 Å². The zero-order valence-corrected chi connectivity index (χ0v) is 16.1. The highest BCUT2D eigenvalue weighted by Crippen LogP contribution is 2.34. The summed E-state index contributed by atoms with van der Waals surface area (Å²) in [5.41, 5.74) is 3.43. The van der Waals surface area contributed by atoms with Gasteiger partial charge in [-0.25, -0.2) is 4.98 Å². The Morgan fingerprint density at radius 3 is 2.68 bits per heavy atom. The molecule has 0 atom stereocenters. The molecule has 0 amide bonds. The molecule has 0 unspecified atom stereocenters. The SMILES string of the molecule is Cc1cc(-c2cn3cc(C4CCNCC4)nc3s2)cc2cnn(C(O)(O)O)c12. The molecule has 4 aromatic rings. The van der Waals surface area contributed by atoms with E-state index in [1.54, 1.807) is 11.3 Å². The standard InChI is InChI=1S/C19H21N5O3S/c1-11-6-13(7-14-8-21-24(17(11)14)19(25,26)27)16-10-23-9-15(22-18(23)28-16)12-2-4-20-5-3-12/h6-10,12,20,25-27H,2-5H2,1H3. The van der Waals surface area contributed by atoms with E-state index in [0.717, 1.165) is 62.7 Å². The first kappa shape index (κ1) is 17.8. The van der Waals surface area contributed by atoms with Gasteiger partial charge in [-0.1, -0.05) is 11.3 Å². The van der Waals surface area contributed by atoms with Gasteiger partial charge in [-0.05, 0) is 56.1 Å². The lowest BCUT2D eigenvalue weighted by atomic mass is 9.95. The minimum Gasteiger partial charge on any atom is -0.324 e. The van der Waals surface area contributed by atoms with Crippen molar-refractivity contribution in [3.05, 3.63) is 42.0 Å². The molecule has 1 fully saturated rings. The minimum absolute atomic E-state index is 0.478. The van der Waals surface area contributed by atoms with Crippen molar-refractivity contribution in [1.82, 2.24) is 24.5 Å². The van der Waals surface area contributed by atoms with E-state index in [1.807, 2.05) is 19.1 Å². The summed E-state index contributed by atoms with van der Waals surface area (Å²) >= 11 is 1.63. The average molecular weight is 399 g/mol. The van der Waals surface area contributed by atoms with E-state index in [4.69, 9.17) is 4.98 Å². The van der Waals surface area contributed by atoms with Crippen LogP contribution in [-0.2, 0) is 6.10 Å². The fourth-order valence-electron chi connectivity index (χ4n) is 4.00. The Morgan fingerprint density at radius 1 is 1.18 bits per heavy atom. The lowest BCUT2D eigenvalue weighted by molar-refractivity contribution is -0.378. The molecule has 0 aliphatic carbocycles. The normalized spacial score (nSPS) is 16.4. The zero-order chi connectivity index (χ0) is 19.5. The maximum absolute atomic E-state index is 9.49. The quantitative estimate of drug-likeness (QED) is 0.391. The molecule has 1 aliphatic rings. The first-order valence-corrected chi connectivity index (χ1v) is 10.1. The van der Waals surface area contributed by atoms with E-state index in [2.05, 4.69) is 27.2 Å². The van der Waals surface area contributed by atoms with Gasteiger partial charge in [0.1, 0.15) is 0 Å². The molecule has 9 heteroatoms. The van der Waals surface area contributed by atoms with Crippen LogP contribution in [-0.4, -0.2) is 47.6 Å². The number of nitrogens with zero attached hydrogens (tertiary/aromatic N) is 4. The van der Waals surface area contributed by atoms with Gasteiger partial charge in [0.05, 0.1) is 22.3 Å². The van der Waals surface area contributed by atoms with Gasteiger partial charge in [-0.15, -0.1) is 0 Å². The number of rotatable bonds is 3. The van der Waals surface area contributed by atoms with Crippen molar-refractivity contribution in [2.24, 2.45) is 0 Å². The van der Waals surface area contributed by atoms with Crippen LogP contribution < -0.4 is 5.32 Å². The molecule has 1 aromatic carbocycles. The second-order valence-corrected chi connectivity index (χ2v) is 8.37. The highest BCUT2D eigenvalue weighted by Gasteiger charge is 2.26. The molecule has 5 rings (SSSR count). The summed E-state index contributed by atoms with van der Waals surface area (Å²) < 4.78 is 2.88. The molecule has 0 radical (unpaired) electrons. The third-order valence-electron chi connectivity index (χ3n) is 5.35. The molecule has 3 aromatic heterocycles. The summed E-state index contributed by atoms with van der Waals surface area (Å²) in [4.78, 5) is 6.88. The van der Waals surface area contributed by atoms with Crippen LogP contribution >= 0.6 is 11.3 Å². The summed E-state index contributed by atoms with van der Waals surface area (Å²) in [6.07, 6.45) is 4.95. The number of hydrogen-bond acceptors (Lipinski definition) is 7. The summed E-state index contributed by atoms with van der Waals surface area (Å²) in [6, 6.07) is 3.88. The minimum atomic E-state index is -3.03. The number of benzene rings is 1. The van der Waals surface area contributed by atoms with Gasteiger partial charge in [0.25, 0.3) is 0 Å². The highest BCUT2D eigenvalue weighted by molar-refractivity contribution is 7.20. The second-order valence-electron chi connectivity index (χ2n) is 7.36. The molecular formula is C19H21N5O3S. The number of nitrogens with one attached hydrogen (secondary N) is 1. The van der Waals surface area contributed by atoms with Crippen LogP contribution in [0.25, 0.3) is 26.3 Å². The first-order valence-electron chi connectivity index (χ1n) is 9.25. The van der Waals surface area contributed by atoms with E-state index >= 15 is 0 Å². The Kier molecular flexibility index (Phi) is 4.04. The fraction of sp³-hybridized carbons (Fsp3) is 0.368.